The third kappa shape index (κ3) is 3.50. The Bertz CT molecular complexity index is 663. The van der Waals surface area contributed by atoms with Crippen LogP contribution in [0, 0.1) is 0 Å². The van der Waals surface area contributed by atoms with Gasteiger partial charge in [-0.15, -0.1) is 11.3 Å². The molecule has 1 N–H and O–H groups in total. The molecule has 116 valence electrons. The number of carbonyl (C=O) groups excluding carboxylic acids is 2. The standard InChI is InChI=1S/C14H15N3O3S2/c1-9(18)22-11-6-17(7-11)14-16-10(8-21-14)5-15-13(19)12-3-2-4-20-12/h2-4,8,11H,5-7H2,1H3,(H,15,19). The summed E-state index contributed by atoms with van der Waals surface area (Å²) >= 11 is 2.94. The molecule has 2 aromatic rings. The minimum Gasteiger partial charge on any atom is -0.459 e. The first-order valence-electron chi connectivity index (χ1n) is 6.80. The van der Waals surface area contributed by atoms with Gasteiger partial charge >= 0.3 is 0 Å². The first kappa shape index (κ1) is 15.1. The third-order valence-corrected chi connectivity index (χ3v) is 5.08. The average Bonchev–Trinajstić information content (AvgIpc) is 3.10. The molecular formula is C14H15N3O3S2. The number of amides is 1. The summed E-state index contributed by atoms with van der Waals surface area (Å²) in [6.07, 6.45) is 1.47. The molecule has 1 fully saturated rings. The van der Waals surface area contributed by atoms with Gasteiger partial charge in [0.05, 0.1) is 18.5 Å². The van der Waals surface area contributed by atoms with Gasteiger partial charge in [-0.3, -0.25) is 9.59 Å². The zero-order valence-electron chi connectivity index (χ0n) is 11.9. The number of nitrogens with one attached hydrogen (secondary N) is 1. The first-order valence-corrected chi connectivity index (χ1v) is 8.56. The Kier molecular flexibility index (Phi) is 4.49. The molecular weight excluding hydrogens is 322 g/mol. The SMILES string of the molecule is CC(=O)SC1CN(c2nc(CNC(=O)c3ccco3)cs2)C1. The van der Waals surface area contributed by atoms with Crippen LogP contribution in [-0.2, 0) is 11.3 Å². The normalized spacial score (nSPS) is 14.7. The molecule has 1 aliphatic heterocycles. The summed E-state index contributed by atoms with van der Waals surface area (Å²) in [5.74, 6) is 0.0451. The van der Waals surface area contributed by atoms with E-state index in [1.165, 1.54) is 18.0 Å². The van der Waals surface area contributed by atoms with Crippen molar-refractivity contribution >= 4 is 39.3 Å². The Balaban J connectivity index is 1.48. The van der Waals surface area contributed by atoms with Gasteiger partial charge in [0, 0.05) is 30.6 Å². The second-order valence-corrected chi connectivity index (χ2v) is 7.23. The number of carbonyl (C=O) groups is 2. The van der Waals surface area contributed by atoms with Crippen LogP contribution >= 0.6 is 23.1 Å². The topological polar surface area (TPSA) is 75.4 Å². The molecule has 0 atom stereocenters. The monoisotopic (exact) mass is 337 g/mol. The van der Waals surface area contributed by atoms with Crippen molar-refractivity contribution in [3.63, 3.8) is 0 Å². The molecule has 0 aliphatic carbocycles. The van der Waals surface area contributed by atoms with E-state index in [2.05, 4.69) is 15.2 Å². The molecule has 0 bridgehead atoms. The Hall–Kier alpha value is -1.80. The molecule has 0 aromatic carbocycles. The van der Waals surface area contributed by atoms with Gasteiger partial charge in [-0.05, 0) is 12.1 Å². The number of rotatable bonds is 5. The summed E-state index contributed by atoms with van der Waals surface area (Å²) in [5.41, 5.74) is 0.822. The van der Waals surface area contributed by atoms with Gasteiger partial charge in [-0.2, -0.15) is 0 Å². The number of thiazole rings is 1. The summed E-state index contributed by atoms with van der Waals surface area (Å²) in [4.78, 5) is 29.4. The zero-order chi connectivity index (χ0) is 15.5. The molecule has 2 aromatic heterocycles. The van der Waals surface area contributed by atoms with E-state index in [0.717, 1.165) is 23.9 Å². The largest absolute Gasteiger partial charge is 0.459 e. The van der Waals surface area contributed by atoms with Gasteiger partial charge in [0.2, 0.25) is 0 Å². The lowest BCUT2D eigenvalue weighted by Gasteiger charge is -2.37. The fourth-order valence-electron chi connectivity index (χ4n) is 2.09. The van der Waals surface area contributed by atoms with Crippen molar-refractivity contribution in [1.82, 2.24) is 10.3 Å². The molecule has 0 saturated carbocycles. The number of furan rings is 1. The molecule has 3 rings (SSSR count). The molecule has 1 amide bonds. The Morgan fingerprint density at radius 3 is 3.05 bits per heavy atom. The van der Waals surface area contributed by atoms with Crippen molar-refractivity contribution in [1.29, 1.82) is 0 Å². The first-order chi connectivity index (χ1) is 10.6. The number of hydrogen-bond donors (Lipinski definition) is 1. The van der Waals surface area contributed by atoms with Crippen LogP contribution in [0.15, 0.2) is 28.2 Å². The smallest absolute Gasteiger partial charge is 0.287 e. The zero-order valence-corrected chi connectivity index (χ0v) is 13.6. The van der Waals surface area contributed by atoms with E-state index < -0.39 is 0 Å². The maximum Gasteiger partial charge on any atom is 0.287 e. The van der Waals surface area contributed by atoms with Crippen molar-refractivity contribution in [3.8, 4) is 0 Å². The number of aromatic nitrogens is 1. The van der Waals surface area contributed by atoms with Crippen LogP contribution in [0.25, 0.3) is 0 Å². The Labute approximate surface area is 135 Å². The van der Waals surface area contributed by atoms with Crippen LogP contribution in [-0.4, -0.2) is 34.3 Å². The molecule has 0 radical (unpaired) electrons. The highest BCUT2D eigenvalue weighted by Crippen LogP contribution is 2.30. The molecule has 0 unspecified atom stereocenters. The molecule has 22 heavy (non-hydrogen) atoms. The predicted octanol–water partition coefficient (Wildman–Crippen LogP) is 2.13. The van der Waals surface area contributed by atoms with Gasteiger partial charge in [0.1, 0.15) is 0 Å². The second kappa shape index (κ2) is 6.53. The Morgan fingerprint density at radius 2 is 2.36 bits per heavy atom. The van der Waals surface area contributed by atoms with E-state index in [4.69, 9.17) is 4.42 Å². The van der Waals surface area contributed by atoms with Crippen LogP contribution < -0.4 is 10.2 Å². The van der Waals surface area contributed by atoms with Gasteiger partial charge in [0.25, 0.3) is 5.91 Å². The summed E-state index contributed by atoms with van der Waals surface area (Å²) in [6.45, 7) is 3.65. The van der Waals surface area contributed by atoms with Crippen molar-refractivity contribution in [2.45, 2.75) is 18.7 Å². The average molecular weight is 337 g/mol. The van der Waals surface area contributed by atoms with E-state index in [0.29, 0.717) is 17.6 Å². The minimum atomic E-state index is -0.249. The summed E-state index contributed by atoms with van der Waals surface area (Å²) in [7, 11) is 0. The van der Waals surface area contributed by atoms with Gasteiger partial charge in [-0.1, -0.05) is 11.8 Å². The number of nitrogens with zero attached hydrogens (tertiary/aromatic N) is 2. The molecule has 3 heterocycles. The molecule has 6 nitrogen and oxygen atoms in total. The van der Waals surface area contributed by atoms with Crippen molar-refractivity contribution < 1.29 is 14.0 Å². The van der Waals surface area contributed by atoms with E-state index >= 15 is 0 Å². The number of hydrogen-bond acceptors (Lipinski definition) is 7. The lowest BCUT2D eigenvalue weighted by atomic mass is 10.2. The summed E-state index contributed by atoms with van der Waals surface area (Å²) in [5, 5.41) is 6.16. The van der Waals surface area contributed by atoms with E-state index in [1.807, 2.05) is 5.38 Å². The van der Waals surface area contributed by atoms with E-state index in [-0.39, 0.29) is 11.0 Å². The third-order valence-electron chi connectivity index (χ3n) is 3.17. The molecule has 1 saturated heterocycles. The minimum absolute atomic E-state index is 0.158. The number of anilines is 1. The maximum absolute atomic E-state index is 11.8. The Morgan fingerprint density at radius 1 is 1.55 bits per heavy atom. The highest BCUT2D eigenvalue weighted by molar-refractivity contribution is 8.14. The fraction of sp³-hybridized carbons (Fsp3) is 0.357. The summed E-state index contributed by atoms with van der Waals surface area (Å²) in [6, 6.07) is 3.30. The molecule has 1 aliphatic rings. The van der Waals surface area contributed by atoms with Crippen molar-refractivity contribution in [2.75, 3.05) is 18.0 Å². The molecule has 0 spiro atoms. The van der Waals surface area contributed by atoms with Crippen molar-refractivity contribution in [2.24, 2.45) is 0 Å². The fourth-order valence-corrected chi connectivity index (χ4v) is 3.92. The summed E-state index contributed by atoms with van der Waals surface area (Å²) < 4.78 is 5.03. The quantitative estimate of drug-likeness (QED) is 0.901. The second-order valence-electron chi connectivity index (χ2n) is 4.92. The van der Waals surface area contributed by atoms with Gasteiger partial charge in [0.15, 0.2) is 16.0 Å². The lowest BCUT2D eigenvalue weighted by molar-refractivity contribution is -0.109. The van der Waals surface area contributed by atoms with Crippen LogP contribution in [0.2, 0.25) is 0 Å². The highest BCUT2D eigenvalue weighted by atomic mass is 32.2. The predicted molar refractivity (Wildman–Crippen MR) is 86.3 cm³/mol. The maximum atomic E-state index is 11.8. The highest BCUT2D eigenvalue weighted by Gasteiger charge is 2.30. The van der Waals surface area contributed by atoms with E-state index in [1.54, 1.807) is 30.4 Å². The van der Waals surface area contributed by atoms with E-state index in [9.17, 15) is 9.59 Å². The number of thioether (sulfide) groups is 1. The van der Waals surface area contributed by atoms with Gasteiger partial charge < -0.3 is 14.6 Å². The van der Waals surface area contributed by atoms with Crippen LogP contribution in [0.5, 0.6) is 0 Å². The van der Waals surface area contributed by atoms with Gasteiger partial charge in [-0.25, -0.2) is 4.98 Å². The van der Waals surface area contributed by atoms with Crippen molar-refractivity contribution in [3.05, 3.63) is 35.2 Å². The van der Waals surface area contributed by atoms with Crippen LogP contribution in [0.3, 0.4) is 0 Å². The van der Waals surface area contributed by atoms with Crippen LogP contribution in [0.4, 0.5) is 5.13 Å². The van der Waals surface area contributed by atoms with Crippen LogP contribution in [0.1, 0.15) is 23.2 Å². The molecule has 8 heteroatoms. The lowest BCUT2D eigenvalue weighted by Crippen LogP contribution is -2.49.